The van der Waals surface area contributed by atoms with Gasteiger partial charge in [-0.3, -0.25) is 14.6 Å². The fourth-order valence-corrected chi connectivity index (χ4v) is 3.36. The number of halogens is 1. The predicted molar refractivity (Wildman–Crippen MR) is 97.5 cm³/mol. The number of rotatable bonds is 4. The molecule has 2 unspecified atom stereocenters. The van der Waals surface area contributed by atoms with Gasteiger partial charge in [-0.05, 0) is 17.7 Å². The molecular formula is C19H16ClN3O3. The van der Waals surface area contributed by atoms with Crippen LogP contribution in [0.25, 0.3) is 0 Å². The predicted octanol–water partition coefficient (Wildman–Crippen LogP) is 2.60. The number of hydrazine groups is 1. The van der Waals surface area contributed by atoms with Gasteiger partial charge in [0.1, 0.15) is 11.1 Å². The molecule has 6 nitrogen and oxygen atoms in total. The molecule has 2 N–H and O–H groups in total. The minimum Gasteiger partial charge on any atom is -0.458 e. The zero-order valence-corrected chi connectivity index (χ0v) is 14.4. The molecule has 26 heavy (non-hydrogen) atoms. The summed E-state index contributed by atoms with van der Waals surface area (Å²) in [7, 11) is 0. The first kappa shape index (κ1) is 16.6. The van der Waals surface area contributed by atoms with Crippen molar-refractivity contribution < 1.29 is 14.3 Å². The number of carbonyl (C=O) groups is 2. The van der Waals surface area contributed by atoms with E-state index in [0.717, 1.165) is 5.56 Å². The van der Waals surface area contributed by atoms with Crippen LogP contribution < -0.4 is 15.5 Å². The van der Waals surface area contributed by atoms with Gasteiger partial charge in [-0.15, -0.1) is 11.6 Å². The number of anilines is 1. The van der Waals surface area contributed by atoms with E-state index in [1.165, 1.54) is 11.1 Å². The maximum atomic E-state index is 12.1. The van der Waals surface area contributed by atoms with E-state index in [1.807, 2.05) is 42.5 Å². The smallest absolute Gasteiger partial charge is 0.257 e. The average molecular weight is 370 g/mol. The first-order valence-electron chi connectivity index (χ1n) is 8.17. The summed E-state index contributed by atoms with van der Waals surface area (Å²) < 4.78 is 5.79. The summed E-state index contributed by atoms with van der Waals surface area (Å²) in [6.45, 7) is 0.181. The Morgan fingerprint density at radius 3 is 2.62 bits per heavy atom. The highest BCUT2D eigenvalue weighted by atomic mass is 35.5. The van der Waals surface area contributed by atoms with Crippen molar-refractivity contribution in [3.63, 3.8) is 0 Å². The molecule has 2 atom stereocenters. The molecule has 0 aromatic heterocycles. The van der Waals surface area contributed by atoms with E-state index in [0.29, 0.717) is 17.2 Å². The largest absolute Gasteiger partial charge is 0.458 e. The van der Waals surface area contributed by atoms with Crippen LogP contribution in [0.2, 0.25) is 0 Å². The van der Waals surface area contributed by atoms with Gasteiger partial charge < -0.3 is 10.1 Å². The average Bonchev–Trinajstić information content (AvgIpc) is 2.82. The van der Waals surface area contributed by atoms with Crippen molar-refractivity contribution in [3.05, 3.63) is 72.0 Å². The minimum atomic E-state index is -0.613. The number of amides is 2. The Morgan fingerprint density at radius 2 is 1.81 bits per heavy atom. The third-order valence-corrected chi connectivity index (χ3v) is 4.70. The van der Waals surface area contributed by atoms with Gasteiger partial charge in [-0.2, -0.15) is 0 Å². The monoisotopic (exact) mass is 369 g/mol. The van der Waals surface area contributed by atoms with Crippen LogP contribution in [0.15, 0.2) is 66.4 Å². The molecule has 2 aliphatic heterocycles. The van der Waals surface area contributed by atoms with Crippen molar-refractivity contribution in [2.75, 3.05) is 11.9 Å². The Kier molecular flexibility index (Phi) is 4.36. The second-order valence-corrected chi connectivity index (χ2v) is 6.47. The number of nitrogens with zero attached hydrogens (tertiary/aromatic N) is 1. The Morgan fingerprint density at radius 1 is 1.08 bits per heavy atom. The molecular weight excluding hydrogens is 354 g/mol. The molecule has 0 radical (unpaired) electrons. The van der Waals surface area contributed by atoms with Crippen LogP contribution in [0.4, 0.5) is 5.69 Å². The topological polar surface area (TPSA) is 70.7 Å². The van der Waals surface area contributed by atoms with Gasteiger partial charge in [-0.25, -0.2) is 5.43 Å². The molecule has 1 fully saturated rings. The van der Waals surface area contributed by atoms with Crippen molar-refractivity contribution in [2.24, 2.45) is 0 Å². The number of benzene rings is 2. The van der Waals surface area contributed by atoms with Crippen molar-refractivity contribution in [1.82, 2.24) is 10.4 Å². The van der Waals surface area contributed by atoms with E-state index in [-0.39, 0.29) is 24.4 Å². The Balaban J connectivity index is 1.48. The fraction of sp³-hybridized carbons (Fsp3) is 0.158. The third kappa shape index (κ3) is 3.05. The first-order chi connectivity index (χ1) is 12.6. The van der Waals surface area contributed by atoms with Crippen molar-refractivity contribution in [3.8, 4) is 5.75 Å². The van der Waals surface area contributed by atoms with Gasteiger partial charge >= 0.3 is 0 Å². The number of carbonyl (C=O) groups excluding carboxylic acids is 2. The number of hydrogen-bond donors (Lipinski definition) is 2. The van der Waals surface area contributed by atoms with Crippen molar-refractivity contribution >= 4 is 29.1 Å². The Bertz CT molecular complexity index is 885. The standard InChI is InChI=1S/C19H16ClN3O3/c20-17-18(12-6-2-1-3-7-12)23(19(17)25)21-11-13-10-16(24)22-14-8-4-5-9-15(14)26-13/h1-10,17-18,21H,11H2,(H,22,24). The van der Waals surface area contributed by atoms with E-state index in [4.69, 9.17) is 16.3 Å². The molecule has 0 saturated carbocycles. The zero-order chi connectivity index (χ0) is 18.1. The molecule has 1 saturated heterocycles. The Labute approximate surface area is 155 Å². The van der Waals surface area contributed by atoms with Crippen LogP contribution in [0.5, 0.6) is 5.75 Å². The van der Waals surface area contributed by atoms with E-state index < -0.39 is 5.38 Å². The van der Waals surface area contributed by atoms with Crippen LogP contribution in [-0.2, 0) is 9.59 Å². The lowest BCUT2D eigenvalue weighted by Gasteiger charge is -2.44. The minimum absolute atomic E-state index is 0.181. The molecule has 2 aromatic rings. The molecule has 132 valence electrons. The molecule has 4 rings (SSSR count). The molecule has 0 spiro atoms. The highest BCUT2D eigenvalue weighted by Gasteiger charge is 2.47. The number of alkyl halides is 1. The van der Waals surface area contributed by atoms with E-state index in [2.05, 4.69) is 10.7 Å². The summed E-state index contributed by atoms with van der Waals surface area (Å²) >= 11 is 6.19. The maximum Gasteiger partial charge on any atom is 0.257 e. The summed E-state index contributed by atoms with van der Waals surface area (Å²) in [4.78, 5) is 24.1. The molecule has 2 aliphatic rings. The SMILES string of the molecule is O=C1C=C(CNN2C(=O)C(Cl)C2c2ccccc2)Oc2ccccc2N1. The summed E-state index contributed by atoms with van der Waals surface area (Å²) in [5.41, 5.74) is 4.57. The second kappa shape index (κ2) is 6.82. The van der Waals surface area contributed by atoms with Crippen LogP contribution >= 0.6 is 11.6 Å². The van der Waals surface area contributed by atoms with Crippen LogP contribution in [0.3, 0.4) is 0 Å². The van der Waals surface area contributed by atoms with Crippen LogP contribution in [0.1, 0.15) is 11.6 Å². The highest BCUT2D eigenvalue weighted by molar-refractivity contribution is 6.33. The molecule has 7 heteroatoms. The molecule has 2 aromatic carbocycles. The van der Waals surface area contributed by atoms with Crippen molar-refractivity contribution in [2.45, 2.75) is 11.4 Å². The van der Waals surface area contributed by atoms with Crippen molar-refractivity contribution in [1.29, 1.82) is 0 Å². The van der Waals surface area contributed by atoms with E-state index in [9.17, 15) is 9.59 Å². The van der Waals surface area contributed by atoms with Gasteiger partial charge in [-0.1, -0.05) is 42.5 Å². The van der Waals surface area contributed by atoms with Gasteiger partial charge in [0.2, 0.25) is 0 Å². The normalized spacial score (nSPS) is 21.7. The van der Waals surface area contributed by atoms with Gasteiger partial charge in [0.05, 0.1) is 18.3 Å². The number of nitrogens with one attached hydrogen (secondary N) is 2. The lowest BCUT2D eigenvalue weighted by molar-refractivity contribution is -0.150. The number of β-lactam (4-membered cyclic amide) rings is 1. The molecule has 0 bridgehead atoms. The number of ether oxygens (including phenoxy) is 1. The third-order valence-electron chi connectivity index (χ3n) is 4.27. The van der Waals surface area contributed by atoms with Crippen LogP contribution in [-0.4, -0.2) is 28.7 Å². The molecule has 2 amide bonds. The zero-order valence-electron chi connectivity index (χ0n) is 13.7. The second-order valence-electron chi connectivity index (χ2n) is 6.00. The van der Waals surface area contributed by atoms with E-state index in [1.54, 1.807) is 12.1 Å². The lowest BCUT2D eigenvalue weighted by atomic mass is 9.95. The van der Waals surface area contributed by atoms with Gasteiger partial charge in [0.15, 0.2) is 5.75 Å². The summed E-state index contributed by atoms with van der Waals surface area (Å²) in [6, 6.07) is 16.5. The maximum absolute atomic E-state index is 12.1. The number of fused-ring (bicyclic) bond motifs is 1. The first-order valence-corrected chi connectivity index (χ1v) is 8.61. The summed E-state index contributed by atoms with van der Waals surface area (Å²) in [6.07, 6.45) is 1.37. The number of hydrogen-bond acceptors (Lipinski definition) is 4. The number of para-hydroxylation sites is 2. The molecule has 0 aliphatic carbocycles. The highest BCUT2D eigenvalue weighted by Crippen LogP contribution is 2.37. The molecule has 2 heterocycles. The summed E-state index contributed by atoms with van der Waals surface area (Å²) in [5.74, 6) is 0.470. The summed E-state index contributed by atoms with van der Waals surface area (Å²) in [5, 5.41) is 3.61. The Hall–Kier alpha value is -2.83. The quantitative estimate of drug-likeness (QED) is 0.642. The fourth-order valence-electron chi connectivity index (χ4n) is 2.99. The lowest BCUT2D eigenvalue weighted by Crippen LogP contribution is -2.62. The van der Waals surface area contributed by atoms with E-state index >= 15 is 0 Å². The van der Waals surface area contributed by atoms with Gasteiger partial charge in [0, 0.05) is 6.08 Å². The van der Waals surface area contributed by atoms with Gasteiger partial charge in [0.25, 0.3) is 11.8 Å². The van der Waals surface area contributed by atoms with Crippen LogP contribution in [0, 0.1) is 0 Å².